The number of hydrogen-bond donors (Lipinski definition) is 0. The maximum absolute atomic E-state index is 12.0. The second kappa shape index (κ2) is 6.41. The van der Waals surface area contributed by atoms with Crippen molar-refractivity contribution in [3.05, 3.63) is 57.2 Å². The Kier molecular flexibility index (Phi) is 4.36. The molecule has 1 aliphatic heterocycles. The molecule has 5 heteroatoms. The summed E-state index contributed by atoms with van der Waals surface area (Å²) in [7, 11) is 0. The lowest BCUT2D eigenvalue weighted by Gasteiger charge is -2.06. The molecule has 0 N–H and O–H groups in total. The number of halogens is 1. The molecule has 1 atom stereocenters. The van der Waals surface area contributed by atoms with Crippen LogP contribution in [-0.2, 0) is 4.84 Å². The molecule has 0 fully saturated rings. The molecule has 2 heterocycles. The molecule has 0 aliphatic carbocycles. The van der Waals surface area contributed by atoms with Crippen LogP contribution in [0, 0.1) is 0 Å². The zero-order chi connectivity index (χ0) is 14.7. The number of carbonyl (C=O) groups is 1. The summed E-state index contributed by atoms with van der Waals surface area (Å²) in [5.41, 5.74) is 2.03. The van der Waals surface area contributed by atoms with E-state index in [9.17, 15) is 4.79 Å². The van der Waals surface area contributed by atoms with Gasteiger partial charge in [-0.3, -0.25) is 4.79 Å². The van der Waals surface area contributed by atoms with E-state index in [0.717, 1.165) is 17.7 Å². The number of Topliss-reactive ketones (excluding diaryl/α,β-unsaturated/α-hetero) is 1. The minimum absolute atomic E-state index is 0.0143. The van der Waals surface area contributed by atoms with E-state index in [2.05, 4.69) is 5.16 Å². The second-order valence-electron chi connectivity index (χ2n) is 4.90. The summed E-state index contributed by atoms with van der Waals surface area (Å²) in [6.45, 7) is 0. The highest BCUT2D eigenvalue weighted by molar-refractivity contribution is 7.18. The first-order valence-electron chi connectivity index (χ1n) is 6.79. The standard InChI is InChI=1S/C16H14ClNO2S/c17-16-9-8-15(21-16)14(19)7-6-12-10-13(18-20-12)11-4-2-1-3-5-11/h1-5,8-9,12H,6-7,10H2. The maximum Gasteiger partial charge on any atom is 0.172 e. The molecule has 0 saturated carbocycles. The summed E-state index contributed by atoms with van der Waals surface area (Å²) in [4.78, 5) is 18.2. The molecule has 1 aliphatic rings. The van der Waals surface area contributed by atoms with Gasteiger partial charge in [-0.15, -0.1) is 11.3 Å². The summed E-state index contributed by atoms with van der Waals surface area (Å²) < 4.78 is 0.644. The molecule has 1 unspecified atom stereocenters. The quantitative estimate of drug-likeness (QED) is 0.758. The molecule has 3 nitrogen and oxygen atoms in total. The Bertz CT molecular complexity index is 666. The molecule has 0 spiro atoms. The number of hydrogen-bond acceptors (Lipinski definition) is 4. The van der Waals surface area contributed by atoms with Crippen LogP contribution in [0.1, 0.15) is 34.5 Å². The van der Waals surface area contributed by atoms with Crippen molar-refractivity contribution < 1.29 is 9.63 Å². The van der Waals surface area contributed by atoms with Crippen LogP contribution in [0.25, 0.3) is 0 Å². The Hall–Kier alpha value is -1.65. The molecule has 3 rings (SSSR count). The highest BCUT2D eigenvalue weighted by Gasteiger charge is 2.23. The van der Waals surface area contributed by atoms with E-state index >= 15 is 0 Å². The van der Waals surface area contributed by atoms with Crippen LogP contribution in [-0.4, -0.2) is 17.6 Å². The number of nitrogens with zero attached hydrogens (tertiary/aromatic N) is 1. The predicted molar refractivity (Wildman–Crippen MR) is 85.4 cm³/mol. The van der Waals surface area contributed by atoms with Gasteiger partial charge in [0.2, 0.25) is 0 Å². The van der Waals surface area contributed by atoms with E-state index in [0.29, 0.717) is 22.1 Å². The average Bonchev–Trinajstić information content (AvgIpc) is 3.15. The first-order valence-corrected chi connectivity index (χ1v) is 7.98. The summed E-state index contributed by atoms with van der Waals surface area (Å²) in [5.74, 6) is 0.115. The smallest absolute Gasteiger partial charge is 0.172 e. The van der Waals surface area contributed by atoms with E-state index in [-0.39, 0.29) is 11.9 Å². The van der Waals surface area contributed by atoms with Crippen molar-refractivity contribution in [2.24, 2.45) is 5.16 Å². The largest absolute Gasteiger partial charge is 0.392 e. The molecule has 21 heavy (non-hydrogen) atoms. The van der Waals surface area contributed by atoms with Crippen LogP contribution < -0.4 is 0 Å². The van der Waals surface area contributed by atoms with E-state index in [1.807, 2.05) is 30.3 Å². The fraction of sp³-hybridized carbons (Fsp3) is 0.250. The first kappa shape index (κ1) is 14.3. The van der Waals surface area contributed by atoms with Crippen LogP contribution >= 0.6 is 22.9 Å². The summed E-state index contributed by atoms with van der Waals surface area (Å²) in [5, 5.41) is 4.13. The van der Waals surface area contributed by atoms with Crippen molar-refractivity contribution in [3.63, 3.8) is 0 Å². The van der Waals surface area contributed by atoms with Crippen molar-refractivity contribution in [1.82, 2.24) is 0 Å². The summed E-state index contributed by atoms with van der Waals surface area (Å²) in [6, 6.07) is 13.5. The zero-order valence-corrected chi connectivity index (χ0v) is 12.9. The van der Waals surface area contributed by atoms with Crippen molar-refractivity contribution in [2.75, 3.05) is 0 Å². The highest BCUT2D eigenvalue weighted by Crippen LogP contribution is 2.25. The van der Waals surface area contributed by atoms with Crippen LogP contribution in [0.4, 0.5) is 0 Å². The second-order valence-corrected chi connectivity index (χ2v) is 6.62. The Morgan fingerprint density at radius 1 is 1.29 bits per heavy atom. The van der Waals surface area contributed by atoms with Crippen molar-refractivity contribution in [2.45, 2.75) is 25.4 Å². The van der Waals surface area contributed by atoms with Crippen molar-refractivity contribution in [1.29, 1.82) is 0 Å². The van der Waals surface area contributed by atoms with E-state index in [1.165, 1.54) is 11.3 Å². The fourth-order valence-corrected chi connectivity index (χ4v) is 3.27. The van der Waals surface area contributed by atoms with Crippen molar-refractivity contribution in [3.8, 4) is 0 Å². The molecule has 0 amide bonds. The van der Waals surface area contributed by atoms with Gasteiger partial charge in [0.25, 0.3) is 0 Å². The van der Waals surface area contributed by atoms with E-state index < -0.39 is 0 Å². The highest BCUT2D eigenvalue weighted by atomic mass is 35.5. The Morgan fingerprint density at radius 2 is 2.10 bits per heavy atom. The SMILES string of the molecule is O=C(CCC1CC(c2ccccc2)=NO1)c1ccc(Cl)s1. The summed E-state index contributed by atoms with van der Waals surface area (Å²) >= 11 is 7.16. The van der Waals surface area contributed by atoms with Gasteiger partial charge >= 0.3 is 0 Å². The Labute approximate surface area is 132 Å². The van der Waals surface area contributed by atoms with Gasteiger partial charge in [-0.05, 0) is 24.1 Å². The van der Waals surface area contributed by atoms with E-state index in [1.54, 1.807) is 12.1 Å². The van der Waals surface area contributed by atoms with Gasteiger partial charge in [-0.1, -0.05) is 47.1 Å². The number of carbonyl (C=O) groups excluding carboxylic acids is 1. The molecule has 2 aromatic rings. The molecule has 0 saturated heterocycles. The number of thiophene rings is 1. The van der Waals surface area contributed by atoms with Gasteiger partial charge in [0.15, 0.2) is 5.78 Å². The van der Waals surface area contributed by atoms with Gasteiger partial charge in [0.05, 0.1) is 14.9 Å². The molecule has 0 bridgehead atoms. The third-order valence-corrected chi connectivity index (χ3v) is 4.65. The first-order chi connectivity index (χ1) is 10.2. The minimum Gasteiger partial charge on any atom is -0.392 e. The van der Waals surface area contributed by atoms with Crippen LogP contribution in [0.3, 0.4) is 0 Å². The van der Waals surface area contributed by atoms with Gasteiger partial charge in [-0.2, -0.15) is 0 Å². The predicted octanol–water partition coefficient (Wildman–Crippen LogP) is 4.56. The minimum atomic E-state index is -0.0143. The van der Waals surface area contributed by atoms with Gasteiger partial charge in [0, 0.05) is 12.8 Å². The van der Waals surface area contributed by atoms with Gasteiger partial charge < -0.3 is 4.84 Å². The lowest BCUT2D eigenvalue weighted by Crippen LogP contribution is -2.10. The van der Waals surface area contributed by atoms with Gasteiger partial charge in [0.1, 0.15) is 6.10 Å². The number of oxime groups is 1. The lowest BCUT2D eigenvalue weighted by molar-refractivity contribution is 0.0720. The molecule has 108 valence electrons. The lowest BCUT2D eigenvalue weighted by atomic mass is 10.0. The number of benzene rings is 1. The monoisotopic (exact) mass is 319 g/mol. The topological polar surface area (TPSA) is 38.7 Å². The average molecular weight is 320 g/mol. The summed E-state index contributed by atoms with van der Waals surface area (Å²) in [6.07, 6.45) is 1.87. The molecule has 1 aromatic heterocycles. The maximum atomic E-state index is 12.0. The molecular formula is C16H14ClNO2S. The third-order valence-electron chi connectivity index (χ3n) is 3.38. The van der Waals surface area contributed by atoms with Crippen LogP contribution in [0.15, 0.2) is 47.6 Å². The molecule has 1 aromatic carbocycles. The normalized spacial score (nSPS) is 17.4. The van der Waals surface area contributed by atoms with E-state index in [4.69, 9.17) is 16.4 Å². The van der Waals surface area contributed by atoms with Gasteiger partial charge in [-0.25, -0.2) is 0 Å². The third kappa shape index (κ3) is 3.52. The van der Waals surface area contributed by atoms with Crippen molar-refractivity contribution >= 4 is 34.4 Å². The molecule has 0 radical (unpaired) electrons. The Balaban J connectivity index is 1.51. The van der Waals surface area contributed by atoms with Crippen LogP contribution in [0.2, 0.25) is 4.34 Å². The number of ketones is 1. The Morgan fingerprint density at radius 3 is 2.81 bits per heavy atom. The molecular weight excluding hydrogens is 306 g/mol. The number of rotatable bonds is 5. The fourth-order valence-electron chi connectivity index (χ4n) is 2.26. The van der Waals surface area contributed by atoms with Crippen LogP contribution in [0.5, 0.6) is 0 Å². The zero-order valence-electron chi connectivity index (χ0n) is 11.3.